The van der Waals surface area contributed by atoms with E-state index >= 15 is 0 Å². The molecule has 2 heteroatoms. The maximum atomic E-state index is 5.72. The second-order valence-corrected chi connectivity index (χ2v) is 3.87. The van der Waals surface area contributed by atoms with Crippen molar-refractivity contribution in [1.29, 1.82) is 0 Å². The Morgan fingerprint density at radius 2 is 2.36 bits per heavy atom. The summed E-state index contributed by atoms with van der Waals surface area (Å²) in [4.78, 5) is 0. The summed E-state index contributed by atoms with van der Waals surface area (Å²) in [6.45, 7) is 3.89. The van der Waals surface area contributed by atoms with Gasteiger partial charge in [0, 0.05) is 6.54 Å². The van der Waals surface area contributed by atoms with E-state index in [2.05, 4.69) is 30.4 Å². The van der Waals surface area contributed by atoms with E-state index in [4.69, 9.17) is 4.74 Å². The number of ether oxygens (including phenoxy) is 1. The minimum Gasteiger partial charge on any atom is -0.372 e. The van der Waals surface area contributed by atoms with Crippen LogP contribution in [0.3, 0.4) is 0 Å². The third-order valence-corrected chi connectivity index (χ3v) is 2.73. The van der Waals surface area contributed by atoms with Gasteiger partial charge in [-0.05, 0) is 31.5 Å². The van der Waals surface area contributed by atoms with Crippen LogP contribution in [0.1, 0.15) is 22.8 Å². The van der Waals surface area contributed by atoms with E-state index < -0.39 is 0 Å². The molecular formula is C12H17NO. The molecule has 0 fully saturated rings. The summed E-state index contributed by atoms with van der Waals surface area (Å²) in [5, 5.41) is 3.17. The maximum absolute atomic E-state index is 5.72. The summed E-state index contributed by atoms with van der Waals surface area (Å²) in [6.07, 6.45) is 1.29. The first-order valence-corrected chi connectivity index (χ1v) is 5.17. The van der Waals surface area contributed by atoms with Gasteiger partial charge in [-0.2, -0.15) is 0 Å². The van der Waals surface area contributed by atoms with Gasteiger partial charge in [0.1, 0.15) is 0 Å². The summed E-state index contributed by atoms with van der Waals surface area (Å²) in [5.74, 6) is 0. The van der Waals surface area contributed by atoms with Gasteiger partial charge in [0.15, 0.2) is 0 Å². The van der Waals surface area contributed by atoms with Crippen LogP contribution in [0.15, 0.2) is 18.2 Å². The monoisotopic (exact) mass is 191 g/mol. The smallest absolute Gasteiger partial charge is 0.0951 e. The fourth-order valence-corrected chi connectivity index (χ4v) is 2.02. The number of nitrogens with one attached hydrogen (secondary N) is 1. The normalized spacial score (nSPS) is 20.6. The van der Waals surface area contributed by atoms with E-state index in [1.54, 1.807) is 0 Å². The molecule has 0 saturated heterocycles. The van der Waals surface area contributed by atoms with Crippen molar-refractivity contribution in [1.82, 2.24) is 5.32 Å². The van der Waals surface area contributed by atoms with E-state index in [1.807, 2.05) is 7.05 Å². The quantitative estimate of drug-likeness (QED) is 0.770. The summed E-state index contributed by atoms with van der Waals surface area (Å²) in [6, 6.07) is 6.64. The molecule has 1 heterocycles. The van der Waals surface area contributed by atoms with Crippen LogP contribution in [-0.2, 0) is 11.2 Å². The number of benzene rings is 1. The summed E-state index contributed by atoms with van der Waals surface area (Å²) in [5.41, 5.74) is 4.15. The van der Waals surface area contributed by atoms with Crippen LogP contribution in [0.25, 0.3) is 0 Å². The predicted octanol–water partition coefficient (Wildman–Crippen LogP) is 1.83. The Morgan fingerprint density at radius 1 is 1.50 bits per heavy atom. The lowest BCUT2D eigenvalue weighted by atomic mass is 9.96. The molecule has 1 aromatic carbocycles. The van der Waals surface area contributed by atoms with Crippen molar-refractivity contribution in [3.05, 3.63) is 34.9 Å². The minimum absolute atomic E-state index is 0.240. The standard InChI is InChI=1S/C12H17NO/c1-9-3-4-11-10(7-9)5-6-14-12(11)8-13-2/h3-4,7,12-13H,5-6,8H2,1-2H3. The maximum Gasteiger partial charge on any atom is 0.0951 e. The van der Waals surface area contributed by atoms with Gasteiger partial charge in [-0.3, -0.25) is 0 Å². The molecule has 1 N–H and O–H groups in total. The molecule has 0 bridgehead atoms. The third kappa shape index (κ3) is 1.81. The zero-order chi connectivity index (χ0) is 9.97. The van der Waals surface area contributed by atoms with E-state index in [0.717, 1.165) is 19.6 Å². The molecule has 1 aliphatic heterocycles. The Labute approximate surface area is 85.3 Å². The molecule has 2 nitrogen and oxygen atoms in total. The van der Waals surface area contributed by atoms with Gasteiger partial charge in [-0.25, -0.2) is 0 Å². The molecule has 1 unspecified atom stereocenters. The molecule has 2 rings (SSSR count). The molecular weight excluding hydrogens is 174 g/mol. The van der Waals surface area contributed by atoms with Crippen LogP contribution in [0.4, 0.5) is 0 Å². The fourth-order valence-electron chi connectivity index (χ4n) is 2.02. The second kappa shape index (κ2) is 4.11. The number of rotatable bonds is 2. The highest BCUT2D eigenvalue weighted by atomic mass is 16.5. The SMILES string of the molecule is CNCC1OCCc2cc(C)ccc21. The highest BCUT2D eigenvalue weighted by molar-refractivity contribution is 5.34. The Morgan fingerprint density at radius 3 is 3.14 bits per heavy atom. The molecule has 14 heavy (non-hydrogen) atoms. The Hall–Kier alpha value is -0.860. The first kappa shape index (κ1) is 9.69. The van der Waals surface area contributed by atoms with Gasteiger partial charge in [0.2, 0.25) is 0 Å². The van der Waals surface area contributed by atoms with Crippen LogP contribution >= 0.6 is 0 Å². The van der Waals surface area contributed by atoms with Crippen LogP contribution in [0.5, 0.6) is 0 Å². The molecule has 76 valence electrons. The van der Waals surface area contributed by atoms with E-state index in [-0.39, 0.29) is 6.10 Å². The Balaban J connectivity index is 2.30. The van der Waals surface area contributed by atoms with Crippen molar-refractivity contribution in [3.63, 3.8) is 0 Å². The van der Waals surface area contributed by atoms with E-state index in [9.17, 15) is 0 Å². The highest BCUT2D eigenvalue weighted by Gasteiger charge is 2.19. The Kier molecular flexibility index (Phi) is 2.85. The largest absolute Gasteiger partial charge is 0.372 e. The number of aryl methyl sites for hydroxylation is 1. The third-order valence-electron chi connectivity index (χ3n) is 2.73. The highest BCUT2D eigenvalue weighted by Crippen LogP contribution is 2.27. The molecule has 1 aromatic rings. The summed E-state index contributed by atoms with van der Waals surface area (Å²) in [7, 11) is 1.96. The van der Waals surface area contributed by atoms with Gasteiger partial charge in [0.05, 0.1) is 12.7 Å². The average Bonchev–Trinajstić information content (AvgIpc) is 2.18. The van der Waals surface area contributed by atoms with Crippen molar-refractivity contribution in [2.75, 3.05) is 20.2 Å². The molecule has 0 aromatic heterocycles. The van der Waals surface area contributed by atoms with Crippen LogP contribution in [-0.4, -0.2) is 20.2 Å². The van der Waals surface area contributed by atoms with E-state index in [1.165, 1.54) is 16.7 Å². The first-order valence-electron chi connectivity index (χ1n) is 5.17. The first-order chi connectivity index (χ1) is 6.81. The van der Waals surface area contributed by atoms with Crippen LogP contribution in [0, 0.1) is 6.92 Å². The van der Waals surface area contributed by atoms with Crippen molar-refractivity contribution >= 4 is 0 Å². The topological polar surface area (TPSA) is 21.3 Å². The van der Waals surface area contributed by atoms with Gasteiger partial charge < -0.3 is 10.1 Å². The number of fused-ring (bicyclic) bond motifs is 1. The molecule has 0 amide bonds. The molecule has 1 aliphatic rings. The molecule has 1 atom stereocenters. The molecule has 0 spiro atoms. The van der Waals surface area contributed by atoms with Gasteiger partial charge in [-0.1, -0.05) is 23.8 Å². The predicted molar refractivity (Wildman–Crippen MR) is 57.5 cm³/mol. The zero-order valence-electron chi connectivity index (χ0n) is 8.84. The van der Waals surface area contributed by atoms with Crippen molar-refractivity contribution in [3.8, 4) is 0 Å². The van der Waals surface area contributed by atoms with Crippen molar-refractivity contribution in [2.45, 2.75) is 19.4 Å². The molecule has 0 radical (unpaired) electrons. The van der Waals surface area contributed by atoms with E-state index in [0.29, 0.717) is 0 Å². The molecule has 0 saturated carbocycles. The van der Waals surface area contributed by atoms with Gasteiger partial charge >= 0.3 is 0 Å². The van der Waals surface area contributed by atoms with Crippen LogP contribution in [0.2, 0.25) is 0 Å². The average molecular weight is 191 g/mol. The fraction of sp³-hybridized carbons (Fsp3) is 0.500. The number of likely N-dealkylation sites (N-methyl/N-ethyl adjacent to an activating group) is 1. The minimum atomic E-state index is 0.240. The number of hydrogen-bond acceptors (Lipinski definition) is 2. The van der Waals surface area contributed by atoms with Crippen molar-refractivity contribution in [2.24, 2.45) is 0 Å². The lowest BCUT2D eigenvalue weighted by Gasteiger charge is -2.26. The molecule has 0 aliphatic carbocycles. The zero-order valence-corrected chi connectivity index (χ0v) is 8.84. The van der Waals surface area contributed by atoms with Crippen LogP contribution < -0.4 is 5.32 Å². The summed E-state index contributed by atoms with van der Waals surface area (Å²) < 4.78 is 5.72. The number of hydrogen-bond donors (Lipinski definition) is 1. The van der Waals surface area contributed by atoms with Gasteiger partial charge in [-0.15, -0.1) is 0 Å². The Bertz CT molecular complexity index is 322. The lowest BCUT2D eigenvalue weighted by Crippen LogP contribution is -2.25. The summed E-state index contributed by atoms with van der Waals surface area (Å²) >= 11 is 0. The van der Waals surface area contributed by atoms with Crippen molar-refractivity contribution < 1.29 is 4.74 Å². The second-order valence-electron chi connectivity index (χ2n) is 3.87. The van der Waals surface area contributed by atoms with Gasteiger partial charge in [0.25, 0.3) is 0 Å². The lowest BCUT2D eigenvalue weighted by molar-refractivity contribution is 0.0438.